The molecule has 26 heavy (non-hydrogen) atoms. The number of hydrogen-bond donors (Lipinski definition) is 2. The molecular weight excluding hydrogens is 414 g/mol. The van der Waals surface area contributed by atoms with E-state index in [2.05, 4.69) is 10.0 Å². The van der Waals surface area contributed by atoms with Crippen LogP contribution in [0.2, 0.25) is 0 Å². The van der Waals surface area contributed by atoms with Crippen molar-refractivity contribution in [3.05, 3.63) is 38.7 Å². The first-order chi connectivity index (χ1) is 12.0. The maximum absolute atomic E-state index is 12.8. The predicted octanol–water partition coefficient (Wildman–Crippen LogP) is 2.53. The molecule has 10 heteroatoms. The van der Waals surface area contributed by atoms with Crippen LogP contribution in [-0.2, 0) is 16.6 Å². The summed E-state index contributed by atoms with van der Waals surface area (Å²) in [6.07, 6.45) is 1.76. The third kappa shape index (κ3) is 4.85. The summed E-state index contributed by atoms with van der Waals surface area (Å²) in [6, 6.07) is 5.68. The molecule has 0 bridgehead atoms. The number of amides is 1. The molecule has 0 saturated carbocycles. The number of carbonyl (C=O) groups is 1. The number of thiophene rings is 2. The minimum absolute atomic E-state index is 0. The molecule has 1 amide bonds. The lowest BCUT2D eigenvalue weighted by atomic mass is 10.1. The van der Waals surface area contributed by atoms with Gasteiger partial charge in [-0.25, -0.2) is 13.1 Å². The monoisotopic (exact) mass is 435 g/mol. The van der Waals surface area contributed by atoms with E-state index in [1.807, 2.05) is 24.6 Å². The summed E-state index contributed by atoms with van der Waals surface area (Å²) in [6.45, 7) is 1.52. The fourth-order valence-corrected chi connectivity index (χ4v) is 5.97. The Kier molecular flexibility index (Phi) is 7.63. The Bertz CT molecular complexity index is 813. The fourth-order valence-electron chi connectivity index (χ4n) is 2.84. The Hall–Kier alpha value is -0.970. The number of halogens is 1. The first-order valence-electron chi connectivity index (χ1n) is 8.07. The van der Waals surface area contributed by atoms with Crippen molar-refractivity contribution in [1.82, 2.24) is 14.9 Å². The molecule has 3 rings (SSSR count). The van der Waals surface area contributed by atoms with Crippen molar-refractivity contribution >= 4 is 51.0 Å². The lowest BCUT2D eigenvalue weighted by molar-refractivity contribution is 0.0708. The van der Waals surface area contributed by atoms with Gasteiger partial charge in [-0.15, -0.1) is 35.1 Å². The molecule has 0 radical (unpaired) electrons. The van der Waals surface area contributed by atoms with Crippen LogP contribution in [0.1, 0.15) is 27.4 Å². The highest BCUT2D eigenvalue weighted by Crippen LogP contribution is 2.25. The van der Waals surface area contributed by atoms with Crippen LogP contribution >= 0.6 is 35.1 Å². The van der Waals surface area contributed by atoms with Crippen molar-refractivity contribution in [1.29, 1.82) is 0 Å². The van der Waals surface area contributed by atoms with Gasteiger partial charge in [-0.2, -0.15) is 0 Å². The third-order valence-electron chi connectivity index (χ3n) is 4.32. The number of likely N-dealkylation sites (tertiary alicyclic amines) is 1. The van der Waals surface area contributed by atoms with E-state index in [1.54, 1.807) is 10.3 Å². The van der Waals surface area contributed by atoms with Crippen LogP contribution < -0.4 is 10.0 Å². The zero-order chi connectivity index (χ0) is 17.9. The number of rotatable bonds is 6. The van der Waals surface area contributed by atoms with E-state index in [-0.39, 0.29) is 29.8 Å². The second-order valence-corrected chi connectivity index (χ2v) is 9.56. The number of hydrogen-bond acceptors (Lipinski definition) is 6. The van der Waals surface area contributed by atoms with Crippen molar-refractivity contribution in [3.63, 3.8) is 0 Å². The average Bonchev–Trinajstić information content (AvgIpc) is 3.31. The molecule has 2 N–H and O–H groups in total. The summed E-state index contributed by atoms with van der Waals surface area (Å²) in [5.41, 5.74) is 0. The quantitative estimate of drug-likeness (QED) is 0.730. The topological polar surface area (TPSA) is 78.5 Å². The first kappa shape index (κ1) is 21.3. The van der Waals surface area contributed by atoms with Gasteiger partial charge in [0.1, 0.15) is 9.77 Å². The molecule has 0 unspecified atom stereocenters. The van der Waals surface area contributed by atoms with E-state index in [0.29, 0.717) is 24.0 Å². The lowest BCUT2D eigenvalue weighted by Gasteiger charge is -2.31. The van der Waals surface area contributed by atoms with Crippen LogP contribution in [0, 0.1) is 0 Å². The smallest absolute Gasteiger partial charge is 0.265 e. The summed E-state index contributed by atoms with van der Waals surface area (Å²) >= 11 is 2.68. The molecule has 0 atom stereocenters. The molecule has 1 aliphatic rings. The Labute approximate surface area is 168 Å². The Morgan fingerprint density at radius 2 is 1.96 bits per heavy atom. The molecule has 2 aromatic heterocycles. The summed E-state index contributed by atoms with van der Waals surface area (Å²) < 4.78 is 27.8. The van der Waals surface area contributed by atoms with Crippen LogP contribution in [0.5, 0.6) is 0 Å². The van der Waals surface area contributed by atoms with Crippen LogP contribution in [0.3, 0.4) is 0 Å². The highest BCUT2D eigenvalue weighted by atomic mass is 35.5. The maximum atomic E-state index is 12.8. The summed E-state index contributed by atoms with van der Waals surface area (Å²) in [5.74, 6) is -0.193. The molecule has 1 saturated heterocycles. The highest BCUT2D eigenvalue weighted by Gasteiger charge is 2.29. The second-order valence-electron chi connectivity index (χ2n) is 5.87. The predicted molar refractivity (Wildman–Crippen MR) is 108 cm³/mol. The molecule has 3 heterocycles. The number of nitrogens with one attached hydrogen (secondary N) is 2. The summed E-state index contributed by atoms with van der Waals surface area (Å²) in [5, 5.41) is 6.78. The Balaban J connectivity index is 0.00000243. The van der Waals surface area contributed by atoms with Gasteiger partial charge in [0.25, 0.3) is 5.91 Å². The molecule has 0 aromatic carbocycles. The van der Waals surface area contributed by atoms with Crippen LogP contribution in [0.15, 0.2) is 33.9 Å². The molecular formula is C16H22ClN3O3S3. The fraction of sp³-hybridized carbons (Fsp3) is 0.438. The molecule has 6 nitrogen and oxygen atoms in total. The van der Waals surface area contributed by atoms with E-state index < -0.39 is 10.0 Å². The minimum atomic E-state index is -3.72. The molecule has 1 fully saturated rings. The molecule has 0 aliphatic carbocycles. The molecule has 144 valence electrons. The van der Waals surface area contributed by atoms with Gasteiger partial charge < -0.3 is 10.2 Å². The largest absolute Gasteiger partial charge is 0.338 e. The first-order valence-corrected chi connectivity index (χ1v) is 11.3. The van der Waals surface area contributed by atoms with E-state index in [9.17, 15) is 13.2 Å². The van der Waals surface area contributed by atoms with E-state index in [0.717, 1.165) is 17.7 Å². The van der Waals surface area contributed by atoms with Gasteiger partial charge in [-0.1, -0.05) is 6.07 Å². The van der Waals surface area contributed by atoms with Gasteiger partial charge in [-0.05, 0) is 42.8 Å². The average molecular weight is 436 g/mol. The number of sulfonamides is 1. The van der Waals surface area contributed by atoms with Gasteiger partial charge in [0.15, 0.2) is 0 Å². The highest BCUT2D eigenvalue weighted by molar-refractivity contribution is 7.89. The number of piperidine rings is 1. The number of nitrogens with zero attached hydrogens (tertiary/aromatic N) is 1. The maximum Gasteiger partial charge on any atom is 0.265 e. The van der Waals surface area contributed by atoms with Crippen LogP contribution in [-0.4, -0.2) is 45.4 Å². The SMILES string of the molecule is CNC1CCN(C(=O)c2sccc2S(=O)(=O)NCc2cccs2)CC1.Cl. The Morgan fingerprint density at radius 3 is 2.58 bits per heavy atom. The van der Waals surface area contributed by atoms with Gasteiger partial charge in [0.2, 0.25) is 10.0 Å². The van der Waals surface area contributed by atoms with Crippen molar-refractivity contribution in [2.24, 2.45) is 0 Å². The van der Waals surface area contributed by atoms with Crippen molar-refractivity contribution in [2.45, 2.75) is 30.3 Å². The lowest BCUT2D eigenvalue weighted by Crippen LogP contribution is -2.44. The van der Waals surface area contributed by atoms with Gasteiger partial charge in [0, 0.05) is 30.6 Å². The van der Waals surface area contributed by atoms with Gasteiger partial charge in [-0.3, -0.25) is 4.79 Å². The van der Waals surface area contributed by atoms with E-state index in [1.165, 1.54) is 28.7 Å². The normalized spacial score (nSPS) is 15.7. The summed E-state index contributed by atoms with van der Waals surface area (Å²) in [4.78, 5) is 15.8. The summed E-state index contributed by atoms with van der Waals surface area (Å²) in [7, 11) is -1.79. The molecule has 2 aromatic rings. The third-order valence-corrected chi connectivity index (χ3v) is 7.67. The standard InChI is InChI=1S/C16H21N3O3S3.ClH/c1-17-12-4-7-19(8-5-12)16(20)15-14(6-10-24-15)25(21,22)18-11-13-3-2-9-23-13;/h2-3,6,9-10,12,17-18H,4-5,7-8,11H2,1H3;1H. The van der Waals surface area contributed by atoms with Crippen molar-refractivity contribution in [2.75, 3.05) is 20.1 Å². The van der Waals surface area contributed by atoms with Gasteiger partial charge in [0.05, 0.1) is 0 Å². The molecule has 0 spiro atoms. The van der Waals surface area contributed by atoms with Crippen molar-refractivity contribution < 1.29 is 13.2 Å². The van der Waals surface area contributed by atoms with Gasteiger partial charge >= 0.3 is 0 Å². The Morgan fingerprint density at radius 1 is 1.23 bits per heavy atom. The zero-order valence-electron chi connectivity index (χ0n) is 14.3. The van der Waals surface area contributed by atoms with Crippen LogP contribution in [0.4, 0.5) is 0 Å². The van der Waals surface area contributed by atoms with Crippen LogP contribution in [0.25, 0.3) is 0 Å². The van der Waals surface area contributed by atoms with Crippen molar-refractivity contribution in [3.8, 4) is 0 Å². The minimum Gasteiger partial charge on any atom is -0.338 e. The molecule has 1 aliphatic heterocycles. The van der Waals surface area contributed by atoms with E-state index >= 15 is 0 Å². The second kappa shape index (κ2) is 9.29. The number of carbonyl (C=O) groups excluding carboxylic acids is 1. The zero-order valence-corrected chi connectivity index (χ0v) is 17.6. The van der Waals surface area contributed by atoms with E-state index in [4.69, 9.17) is 0 Å².